The van der Waals surface area contributed by atoms with Crippen molar-refractivity contribution in [1.82, 2.24) is 0 Å². The molecule has 0 saturated carbocycles. The highest BCUT2D eigenvalue weighted by Gasteiger charge is 2.37. The van der Waals surface area contributed by atoms with E-state index in [0.29, 0.717) is 39.8 Å². The molecular weight excluding hydrogens is 420 g/mol. The van der Waals surface area contributed by atoms with Crippen LogP contribution in [0.5, 0.6) is 11.5 Å². The number of methoxy groups -OCH3 is 1. The van der Waals surface area contributed by atoms with Crippen molar-refractivity contribution < 1.29 is 33.0 Å². The lowest BCUT2D eigenvalue weighted by molar-refractivity contribution is -0.138. The zero-order valence-electron chi connectivity index (χ0n) is 17.5. The number of halogens is 2. The molecule has 1 unspecified atom stereocenters. The number of hydrogen-bond donors (Lipinski definition) is 1. The monoisotopic (exact) mass is 441 g/mol. The van der Waals surface area contributed by atoms with Crippen molar-refractivity contribution in [2.75, 3.05) is 12.0 Å². The van der Waals surface area contributed by atoms with E-state index < -0.39 is 24.4 Å². The van der Waals surface area contributed by atoms with Crippen molar-refractivity contribution >= 4 is 28.3 Å². The van der Waals surface area contributed by atoms with Crippen molar-refractivity contribution in [1.29, 1.82) is 0 Å². The second kappa shape index (κ2) is 8.45. The molecule has 1 heterocycles. The zero-order chi connectivity index (χ0) is 23.0. The highest BCUT2D eigenvalue weighted by Crippen LogP contribution is 2.46. The summed E-state index contributed by atoms with van der Waals surface area (Å²) in [6.07, 6.45) is 0.431. The van der Waals surface area contributed by atoms with Gasteiger partial charge in [0.25, 0.3) is 5.91 Å². The molecule has 8 heteroatoms. The van der Waals surface area contributed by atoms with E-state index in [9.17, 15) is 23.5 Å². The van der Waals surface area contributed by atoms with Crippen molar-refractivity contribution in [2.24, 2.45) is 0 Å². The Hall–Kier alpha value is -3.68. The molecule has 32 heavy (non-hydrogen) atoms. The van der Waals surface area contributed by atoms with Crippen LogP contribution in [-0.4, -0.2) is 30.7 Å². The van der Waals surface area contributed by atoms with Crippen LogP contribution < -0.4 is 14.4 Å². The Morgan fingerprint density at radius 2 is 1.72 bits per heavy atom. The number of carbonyl (C=O) groups is 2. The van der Waals surface area contributed by atoms with Gasteiger partial charge in [0, 0.05) is 22.0 Å². The van der Waals surface area contributed by atoms with Gasteiger partial charge in [-0.25, -0.2) is 0 Å². The number of carboxylic acids is 1. The molecule has 3 aromatic carbocycles. The SMILES string of the molecule is CCC(C(=O)O)c1ccc(N2Cc3c(c(OC(F)F)c4ccccc4c3OC)C2=O)cc1. The molecule has 3 aromatic rings. The molecule has 1 aliphatic rings. The van der Waals surface area contributed by atoms with Gasteiger partial charge < -0.3 is 19.5 Å². The number of hydrogen-bond acceptors (Lipinski definition) is 4. The average molecular weight is 441 g/mol. The number of ether oxygens (including phenoxy) is 2. The molecule has 0 aromatic heterocycles. The molecule has 1 amide bonds. The molecule has 1 N–H and O–H groups in total. The van der Waals surface area contributed by atoms with E-state index in [4.69, 9.17) is 9.47 Å². The highest BCUT2D eigenvalue weighted by molar-refractivity contribution is 6.16. The molecule has 4 rings (SSSR count). The van der Waals surface area contributed by atoms with Gasteiger partial charge in [-0.05, 0) is 24.1 Å². The number of alkyl halides is 2. The Morgan fingerprint density at radius 3 is 2.25 bits per heavy atom. The summed E-state index contributed by atoms with van der Waals surface area (Å²) in [4.78, 5) is 26.2. The first-order chi connectivity index (χ1) is 15.4. The fourth-order valence-corrected chi connectivity index (χ4v) is 4.26. The van der Waals surface area contributed by atoms with E-state index in [1.165, 1.54) is 12.0 Å². The highest BCUT2D eigenvalue weighted by atomic mass is 19.3. The molecule has 166 valence electrons. The first kappa shape index (κ1) is 21.5. The summed E-state index contributed by atoms with van der Waals surface area (Å²) in [5.74, 6) is -1.80. The van der Waals surface area contributed by atoms with Crippen LogP contribution in [0.2, 0.25) is 0 Å². The fourth-order valence-electron chi connectivity index (χ4n) is 4.26. The quantitative estimate of drug-likeness (QED) is 0.546. The minimum Gasteiger partial charge on any atom is -0.496 e. The topological polar surface area (TPSA) is 76.1 Å². The van der Waals surface area contributed by atoms with E-state index in [1.54, 1.807) is 55.5 Å². The number of rotatable bonds is 7. The molecule has 1 atom stereocenters. The lowest BCUT2D eigenvalue weighted by Gasteiger charge is -2.17. The number of amides is 1. The summed E-state index contributed by atoms with van der Waals surface area (Å²) in [5.41, 5.74) is 1.65. The molecule has 0 saturated heterocycles. The summed E-state index contributed by atoms with van der Waals surface area (Å²) in [6.45, 7) is -1.20. The number of anilines is 1. The third-order valence-electron chi connectivity index (χ3n) is 5.72. The van der Waals surface area contributed by atoms with E-state index in [0.717, 1.165) is 0 Å². The Labute approximate surface area is 183 Å². The van der Waals surface area contributed by atoms with Crippen LogP contribution >= 0.6 is 0 Å². The van der Waals surface area contributed by atoms with E-state index in [2.05, 4.69) is 0 Å². The molecule has 0 spiro atoms. The third kappa shape index (κ3) is 3.51. The minimum absolute atomic E-state index is 0.0434. The second-order valence-corrected chi connectivity index (χ2v) is 7.42. The molecule has 0 radical (unpaired) electrons. The van der Waals surface area contributed by atoms with Crippen molar-refractivity contribution in [3.05, 3.63) is 65.2 Å². The van der Waals surface area contributed by atoms with Gasteiger partial charge in [0.1, 0.15) is 11.5 Å². The van der Waals surface area contributed by atoms with Crippen molar-refractivity contribution in [3.63, 3.8) is 0 Å². The number of carboxylic acid groups (broad SMARTS) is 1. The normalized spacial score (nSPS) is 14.0. The maximum atomic E-state index is 13.3. The Bertz CT molecular complexity index is 1190. The van der Waals surface area contributed by atoms with Crippen LogP contribution in [0.15, 0.2) is 48.5 Å². The molecular formula is C24H21F2NO5. The number of fused-ring (bicyclic) bond motifs is 2. The molecule has 0 aliphatic carbocycles. The summed E-state index contributed by atoms with van der Waals surface area (Å²) < 4.78 is 36.9. The predicted octanol–water partition coefficient (Wildman–Crippen LogP) is 5.19. The van der Waals surface area contributed by atoms with Gasteiger partial charge in [0.15, 0.2) is 0 Å². The first-order valence-corrected chi connectivity index (χ1v) is 10.1. The van der Waals surface area contributed by atoms with Gasteiger partial charge in [-0.2, -0.15) is 8.78 Å². The van der Waals surface area contributed by atoms with Gasteiger partial charge in [-0.3, -0.25) is 9.59 Å². The van der Waals surface area contributed by atoms with Crippen molar-refractivity contribution in [2.45, 2.75) is 32.4 Å². The summed E-state index contributed by atoms with van der Waals surface area (Å²) in [6, 6.07) is 13.4. The Kier molecular flexibility index (Phi) is 5.69. The van der Waals surface area contributed by atoms with Gasteiger partial charge in [0.05, 0.1) is 25.1 Å². The average Bonchev–Trinajstić information content (AvgIpc) is 3.11. The van der Waals surface area contributed by atoms with E-state index in [1.807, 2.05) is 0 Å². The van der Waals surface area contributed by atoms with Crippen LogP contribution in [0.4, 0.5) is 14.5 Å². The minimum atomic E-state index is -3.10. The maximum absolute atomic E-state index is 13.3. The summed E-state index contributed by atoms with van der Waals surface area (Å²) in [7, 11) is 1.47. The van der Waals surface area contributed by atoms with Gasteiger partial charge in [0.2, 0.25) is 0 Å². The number of benzene rings is 3. The number of aliphatic carboxylic acids is 1. The van der Waals surface area contributed by atoms with Crippen LogP contribution in [0.3, 0.4) is 0 Å². The third-order valence-corrected chi connectivity index (χ3v) is 5.72. The standard InChI is InChI=1S/C24H21F2NO5/c1-3-15(23(29)30)13-8-10-14(11-9-13)27-12-18-19(22(27)28)21(32-24(25)26)17-7-5-4-6-16(17)20(18)31-2/h4-11,15,24H,3,12H2,1-2H3,(H,29,30). The first-order valence-electron chi connectivity index (χ1n) is 10.1. The van der Waals surface area contributed by atoms with Crippen LogP contribution in [0.25, 0.3) is 10.8 Å². The molecule has 6 nitrogen and oxygen atoms in total. The lowest BCUT2D eigenvalue weighted by Crippen LogP contribution is -2.23. The van der Waals surface area contributed by atoms with Gasteiger partial charge in [-0.1, -0.05) is 43.3 Å². The number of nitrogens with zero attached hydrogens (tertiary/aromatic N) is 1. The zero-order valence-corrected chi connectivity index (χ0v) is 17.5. The fraction of sp³-hybridized carbons (Fsp3) is 0.250. The smallest absolute Gasteiger partial charge is 0.387 e. The van der Waals surface area contributed by atoms with Crippen LogP contribution in [0.1, 0.15) is 40.7 Å². The number of carbonyl (C=O) groups excluding carboxylic acids is 1. The van der Waals surface area contributed by atoms with Gasteiger partial charge in [-0.15, -0.1) is 0 Å². The van der Waals surface area contributed by atoms with Crippen LogP contribution in [0, 0.1) is 0 Å². The Morgan fingerprint density at radius 1 is 1.09 bits per heavy atom. The van der Waals surface area contributed by atoms with E-state index >= 15 is 0 Å². The van der Waals surface area contributed by atoms with E-state index in [-0.39, 0.29) is 17.9 Å². The molecule has 0 fully saturated rings. The second-order valence-electron chi connectivity index (χ2n) is 7.42. The molecule has 0 bridgehead atoms. The summed E-state index contributed by atoms with van der Waals surface area (Å²) in [5, 5.41) is 10.3. The van der Waals surface area contributed by atoms with Gasteiger partial charge >= 0.3 is 12.6 Å². The predicted molar refractivity (Wildman–Crippen MR) is 115 cm³/mol. The largest absolute Gasteiger partial charge is 0.496 e. The molecule has 1 aliphatic heterocycles. The lowest BCUT2D eigenvalue weighted by atomic mass is 9.96. The van der Waals surface area contributed by atoms with Crippen molar-refractivity contribution in [3.8, 4) is 11.5 Å². The summed E-state index contributed by atoms with van der Waals surface area (Å²) >= 11 is 0. The van der Waals surface area contributed by atoms with Crippen LogP contribution in [-0.2, 0) is 11.3 Å². The Balaban J connectivity index is 1.81. The maximum Gasteiger partial charge on any atom is 0.387 e.